The number of furan rings is 1. The van der Waals surface area contributed by atoms with Crippen LogP contribution < -0.4 is 16.2 Å². The van der Waals surface area contributed by atoms with Crippen molar-refractivity contribution >= 4 is 22.8 Å². The van der Waals surface area contributed by atoms with Crippen LogP contribution >= 0.6 is 0 Å². The molecule has 0 fully saturated rings. The number of ether oxygens (including phenoxy) is 3. The lowest BCUT2D eigenvalue weighted by Gasteiger charge is -2.15. The first-order valence-electron chi connectivity index (χ1n) is 12.3. The quantitative estimate of drug-likeness (QED) is 0.277. The third-order valence-electron chi connectivity index (χ3n) is 6.09. The van der Waals surface area contributed by atoms with E-state index in [2.05, 4.69) is 0 Å². The Hall–Kier alpha value is -4.14. The summed E-state index contributed by atoms with van der Waals surface area (Å²) in [5.41, 5.74) is 16.8. The molecular weight excluding hydrogens is 484 g/mol. The van der Waals surface area contributed by atoms with Gasteiger partial charge in [0, 0.05) is 35.7 Å². The summed E-state index contributed by atoms with van der Waals surface area (Å²) in [6.07, 6.45) is -0.414. The SMILES string of the molecule is COCC(C)OC(=O)Cc1ccc(C(N)=O)cc1OCc1cc(-c2cccc(CN)c2)c2oc(C)cc2c1. The van der Waals surface area contributed by atoms with Gasteiger partial charge in [-0.15, -0.1) is 0 Å². The van der Waals surface area contributed by atoms with Crippen molar-refractivity contribution < 1.29 is 28.2 Å². The summed E-state index contributed by atoms with van der Waals surface area (Å²) in [6.45, 7) is 4.58. The number of hydrogen-bond donors (Lipinski definition) is 2. The van der Waals surface area contributed by atoms with E-state index in [9.17, 15) is 9.59 Å². The Morgan fingerprint density at radius 1 is 1.03 bits per heavy atom. The highest BCUT2D eigenvalue weighted by Gasteiger charge is 2.17. The Kier molecular flexibility index (Phi) is 8.45. The Morgan fingerprint density at radius 2 is 1.84 bits per heavy atom. The number of aryl methyl sites for hydroxylation is 1. The first kappa shape index (κ1) is 26.9. The molecule has 1 unspecified atom stereocenters. The molecule has 0 saturated heterocycles. The van der Waals surface area contributed by atoms with Gasteiger partial charge in [0.25, 0.3) is 0 Å². The molecule has 0 bridgehead atoms. The van der Waals surface area contributed by atoms with Crippen LogP contribution in [0.3, 0.4) is 0 Å². The van der Waals surface area contributed by atoms with E-state index in [1.807, 2.05) is 49.4 Å². The predicted octanol–water partition coefficient (Wildman–Crippen LogP) is 4.67. The van der Waals surface area contributed by atoms with Crippen LogP contribution in [0.25, 0.3) is 22.1 Å². The van der Waals surface area contributed by atoms with Crippen molar-refractivity contribution in [2.24, 2.45) is 11.5 Å². The first-order valence-corrected chi connectivity index (χ1v) is 12.3. The smallest absolute Gasteiger partial charge is 0.310 e. The minimum Gasteiger partial charge on any atom is -0.489 e. The van der Waals surface area contributed by atoms with Gasteiger partial charge in [0.05, 0.1) is 13.0 Å². The van der Waals surface area contributed by atoms with E-state index < -0.39 is 11.9 Å². The van der Waals surface area contributed by atoms with Gasteiger partial charge in [-0.05, 0) is 66.9 Å². The molecule has 4 N–H and O–H groups in total. The van der Waals surface area contributed by atoms with E-state index >= 15 is 0 Å². The molecule has 3 aromatic carbocycles. The predicted molar refractivity (Wildman–Crippen MR) is 145 cm³/mol. The molecular formula is C30H32N2O6. The second kappa shape index (κ2) is 11.9. The van der Waals surface area contributed by atoms with E-state index in [1.165, 1.54) is 0 Å². The molecule has 0 saturated carbocycles. The summed E-state index contributed by atoms with van der Waals surface area (Å²) in [5, 5.41) is 0.943. The lowest BCUT2D eigenvalue weighted by molar-refractivity contribution is -0.149. The third kappa shape index (κ3) is 6.40. The van der Waals surface area contributed by atoms with Crippen LogP contribution in [0.4, 0.5) is 0 Å². The minimum atomic E-state index is -0.588. The Labute approximate surface area is 221 Å². The van der Waals surface area contributed by atoms with E-state index in [0.717, 1.165) is 39.0 Å². The van der Waals surface area contributed by atoms with Crippen molar-refractivity contribution in [1.82, 2.24) is 0 Å². The Morgan fingerprint density at radius 3 is 2.58 bits per heavy atom. The van der Waals surface area contributed by atoms with E-state index in [1.54, 1.807) is 32.2 Å². The molecule has 0 aliphatic carbocycles. The Balaban J connectivity index is 1.64. The van der Waals surface area contributed by atoms with Gasteiger partial charge in [-0.25, -0.2) is 0 Å². The summed E-state index contributed by atoms with van der Waals surface area (Å²) in [6, 6.07) is 18.8. The highest BCUT2D eigenvalue weighted by molar-refractivity contribution is 5.94. The molecule has 0 radical (unpaired) electrons. The van der Waals surface area contributed by atoms with Gasteiger partial charge in [-0.1, -0.05) is 24.3 Å². The number of carbonyl (C=O) groups is 2. The summed E-state index contributed by atoms with van der Waals surface area (Å²) >= 11 is 0. The van der Waals surface area contributed by atoms with Crippen molar-refractivity contribution in [1.29, 1.82) is 0 Å². The second-order valence-corrected chi connectivity index (χ2v) is 9.23. The van der Waals surface area contributed by atoms with Crippen molar-refractivity contribution in [2.75, 3.05) is 13.7 Å². The number of primary amides is 1. The van der Waals surface area contributed by atoms with Crippen molar-refractivity contribution in [3.05, 3.63) is 88.7 Å². The number of nitrogens with two attached hydrogens (primary N) is 2. The number of benzene rings is 3. The lowest BCUT2D eigenvalue weighted by atomic mass is 9.99. The highest BCUT2D eigenvalue weighted by atomic mass is 16.6. The van der Waals surface area contributed by atoms with Crippen LogP contribution in [-0.4, -0.2) is 31.7 Å². The van der Waals surface area contributed by atoms with Crippen molar-refractivity contribution in [3.8, 4) is 16.9 Å². The molecule has 198 valence electrons. The van der Waals surface area contributed by atoms with Gasteiger partial charge in [0.1, 0.15) is 29.8 Å². The summed E-state index contributed by atoms with van der Waals surface area (Å²) < 4.78 is 22.6. The number of methoxy groups -OCH3 is 1. The van der Waals surface area contributed by atoms with Crippen molar-refractivity contribution in [3.63, 3.8) is 0 Å². The maximum Gasteiger partial charge on any atom is 0.310 e. The molecule has 1 heterocycles. The molecule has 4 rings (SSSR count). The monoisotopic (exact) mass is 516 g/mol. The van der Waals surface area contributed by atoms with Crippen LogP contribution in [0.2, 0.25) is 0 Å². The summed E-state index contributed by atoms with van der Waals surface area (Å²) in [7, 11) is 1.54. The van der Waals surface area contributed by atoms with Crippen LogP contribution in [0.15, 0.2) is 65.1 Å². The van der Waals surface area contributed by atoms with Gasteiger partial charge in [0.15, 0.2) is 0 Å². The average Bonchev–Trinajstić information content (AvgIpc) is 3.27. The minimum absolute atomic E-state index is 0.0283. The van der Waals surface area contributed by atoms with Crippen LogP contribution in [0.1, 0.15) is 39.7 Å². The summed E-state index contributed by atoms with van der Waals surface area (Å²) in [4.78, 5) is 24.3. The maximum atomic E-state index is 12.5. The largest absolute Gasteiger partial charge is 0.489 e. The average molecular weight is 517 g/mol. The molecule has 0 aliphatic rings. The number of fused-ring (bicyclic) bond motifs is 1. The zero-order chi connectivity index (χ0) is 27.2. The van der Waals surface area contributed by atoms with Crippen LogP contribution in [-0.2, 0) is 33.8 Å². The third-order valence-corrected chi connectivity index (χ3v) is 6.09. The van der Waals surface area contributed by atoms with Gasteiger partial charge in [-0.2, -0.15) is 0 Å². The normalized spacial score (nSPS) is 11.9. The second-order valence-electron chi connectivity index (χ2n) is 9.23. The van der Waals surface area contributed by atoms with Crippen LogP contribution in [0, 0.1) is 6.92 Å². The highest BCUT2D eigenvalue weighted by Crippen LogP contribution is 2.33. The number of rotatable bonds is 11. The van der Waals surface area contributed by atoms with Gasteiger partial charge in [-0.3, -0.25) is 9.59 Å². The number of esters is 1. The maximum absolute atomic E-state index is 12.5. The molecule has 0 spiro atoms. The molecule has 38 heavy (non-hydrogen) atoms. The molecule has 8 nitrogen and oxygen atoms in total. The fourth-order valence-electron chi connectivity index (χ4n) is 4.35. The standard InChI is InChI=1S/C30H32N2O6/c1-18-9-25-11-21(12-26(29(25)38-18)22-6-4-5-20(10-22)15-31)17-36-27-13-24(30(32)34)8-7-23(27)14-28(33)37-19(2)16-35-3/h4-13,19H,14-17,31H2,1-3H3,(H2,32,34). The van der Waals surface area contributed by atoms with E-state index in [4.69, 9.17) is 30.1 Å². The molecule has 8 heteroatoms. The van der Waals surface area contributed by atoms with Crippen LogP contribution in [0.5, 0.6) is 5.75 Å². The van der Waals surface area contributed by atoms with E-state index in [-0.39, 0.29) is 24.7 Å². The number of amides is 1. The molecule has 1 atom stereocenters. The number of hydrogen-bond acceptors (Lipinski definition) is 7. The molecule has 0 aliphatic heterocycles. The van der Waals surface area contributed by atoms with Crippen molar-refractivity contribution in [2.45, 2.75) is 39.5 Å². The first-order chi connectivity index (χ1) is 18.3. The zero-order valence-corrected chi connectivity index (χ0v) is 21.8. The fraction of sp³-hybridized carbons (Fsp3) is 0.267. The molecule has 1 aromatic heterocycles. The van der Waals surface area contributed by atoms with Gasteiger partial charge >= 0.3 is 5.97 Å². The van der Waals surface area contributed by atoms with Gasteiger partial charge in [0.2, 0.25) is 5.91 Å². The zero-order valence-electron chi connectivity index (χ0n) is 21.8. The molecule has 4 aromatic rings. The topological polar surface area (TPSA) is 127 Å². The Bertz CT molecular complexity index is 1460. The fourth-order valence-corrected chi connectivity index (χ4v) is 4.35. The molecule has 1 amide bonds. The lowest BCUT2D eigenvalue weighted by Crippen LogP contribution is -2.21. The van der Waals surface area contributed by atoms with Gasteiger partial charge < -0.3 is 30.1 Å². The van der Waals surface area contributed by atoms with E-state index in [0.29, 0.717) is 24.5 Å². The number of carbonyl (C=O) groups excluding carboxylic acids is 2. The summed E-state index contributed by atoms with van der Waals surface area (Å²) in [5.74, 6) is 0.165.